The SMILES string of the molecule is CC(=O)N(CC(=O)O)[C@H]1CCCN(Cc2cc(C)nc3ccccc23)CC1. The molecule has 0 unspecified atom stereocenters. The summed E-state index contributed by atoms with van der Waals surface area (Å²) in [5, 5.41) is 10.3. The molecule has 1 aliphatic rings. The summed E-state index contributed by atoms with van der Waals surface area (Å²) in [6, 6.07) is 10.4. The van der Waals surface area contributed by atoms with Gasteiger partial charge in [-0.3, -0.25) is 19.5 Å². The number of carbonyl (C=O) groups excluding carboxylic acids is 1. The van der Waals surface area contributed by atoms with E-state index in [4.69, 9.17) is 5.11 Å². The highest BCUT2D eigenvalue weighted by atomic mass is 16.4. The van der Waals surface area contributed by atoms with Crippen molar-refractivity contribution in [2.45, 2.75) is 45.7 Å². The summed E-state index contributed by atoms with van der Waals surface area (Å²) in [5.74, 6) is -1.11. The standard InChI is InChI=1S/C21H27N3O3/c1-15-12-17(19-7-3-4-8-20(19)22-15)13-23-10-5-6-18(9-11-23)24(16(2)25)14-21(26)27/h3-4,7-8,12,18H,5-6,9-11,13-14H2,1-2H3,(H,26,27)/t18-/m0/s1. The minimum Gasteiger partial charge on any atom is -0.480 e. The van der Waals surface area contributed by atoms with Crippen LogP contribution in [0.1, 0.15) is 37.4 Å². The molecule has 0 aliphatic carbocycles. The minimum atomic E-state index is -0.954. The number of aryl methyl sites for hydroxylation is 1. The Morgan fingerprint density at radius 3 is 2.78 bits per heavy atom. The van der Waals surface area contributed by atoms with E-state index in [1.165, 1.54) is 22.8 Å². The smallest absolute Gasteiger partial charge is 0.323 e. The molecule has 1 amide bonds. The summed E-state index contributed by atoms with van der Waals surface area (Å²) in [4.78, 5) is 31.5. The number of carboxylic acid groups (broad SMARTS) is 1. The zero-order valence-electron chi connectivity index (χ0n) is 16.0. The van der Waals surface area contributed by atoms with Crippen LogP contribution in [0, 0.1) is 6.92 Å². The van der Waals surface area contributed by atoms with Gasteiger partial charge in [0.25, 0.3) is 0 Å². The molecule has 144 valence electrons. The second kappa shape index (κ2) is 8.48. The van der Waals surface area contributed by atoms with Gasteiger partial charge < -0.3 is 10.0 Å². The molecule has 0 bridgehead atoms. The number of hydrogen-bond donors (Lipinski definition) is 1. The van der Waals surface area contributed by atoms with Crippen molar-refractivity contribution in [3.8, 4) is 0 Å². The minimum absolute atomic E-state index is 0.000444. The lowest BCUT2D eigenvalue weighted by Crippen LogP contribution is -2.42. The molecule has 1 N–H and O–H groups in total. The van der Waals surface area contributed by atoms with Crippen molar-refractivity contribution in [1.82, 2.24) is 14.8 Å². The lowest BCUT2D eigenvalue weighted by atomic mass is 10.1. The Kier molecular flexibility index (Phi) is 6.06. The Morgan fingerprint density at radius 1 is 1.26 bits per heavy atom. The van der Waals surface area contributed by atoms with Crippen molar-refractivity contribution in [3.63, 3.8) is 0 Å². The van der Waals surface area contributed by atoms with Crippen LogP contribution in [0.25, 0.3) is 10.9 Å². The van der Waals surface area contributed by atoms with Gasteiger partial charge in [0.2, 0.25) is 5.91 Å². The molecular formula is C21H27N3O3. The highest BCUT2D eigenvalue weighted by Crippen LogP contribution is 2.23. The summed E-state index contributed by atoms with van der Waals surface area (Å²) in [6.07, 6.45) is 2.60. The fraction of sp³-hybridized carbons (Fsp3) is 0.476. The number of rotatable bonds is 5. The number of likely N-dealkylation sites (tertiary alicyclic amines) is 1. The van der Waals surface area contributed by atoms with Gasteiger partial charge in [-0.2, -0.15) is 0 Å². The molecule has 6 heteroatoms. The first kappa shape index (κ1) is 19.3. The Labute approximate surface area is 159 Å². The molecule has 0 saturated carbocycles. The van der Waals surface area contributed by atoms with E-state index in [1.54, 1.807) is 0 Å². The van der Waals surface area contributed by atoms with Crippen molar-refractivity contribution in [1.29, 1.82) is 0 Å². The first-order valence-electron chi connectivity index (χ1n) is 9.50. The first-order valence-corrected chi connectivity index (χ1v) is 9.50. The molecule has 0 radical (unpaired) electrons. The largest absolute Gasteiger partial charge is 0.480 e. The monoisotopic (exact) mass is 369 g/mol. The van der Waals surface area contributed by atoms with E-state index in [0.29, 0.717) is 0 Å². The van der Waals surface area contributed by atoms with Crippen molar-refractivity contribution >= 4 is 22.8 Å². The zero-order chi connectivity index (χ0) is 19.4. The maximum Gasteiger partial charge on any atom is 0.323 e. The molecule has 1 fully saturated rings. The second-order valence-electron chi connectivity index (χ2n) is 7.34. The molecule has 2 aromatic rings. The van der Waals surface area contributed by atoms with Gasteiger partial charge in [0.1, 0.15) is 6.54 Å². The maximum absolute atomic E-state index is 11.9. The molecule has 1 aromatic heterocycles. The van der Waals surface area contributed by atoms with Gasteiger partial charge in [-0.05, 0) is 50.4 Å². The van der Waals surface area contributed by atoms with Gasteiger partial charge >= 0.3 is 5.97 Å². The van der Waals surface area contributed by atoms with Gasteiger partial charge in [0, 0.05) is 37.1 Å². The summed E-state index contributed by atoms with van der Waals surface area (Å²) >= 11 is 0. The lowest BCUT2D eigenvalue weighted by molar-refractivity contribution is -0.145. The van der Waals surface area contributed by atoms with E-state index in [-0.39, 0.29) is 18.5 Å². The number of carbonyl (C=O) groups is 2. The van der Waals surface area contributed by atoms with Crippen LogP contribution in [0.4, 0.5) is 0 Å². The molecule has 1 aliphatic heterocycles. The Balaban J connectivity index is 1.72. The quantitative estimate of drug-likeness (QED) is 0.877. The Morgan fingerprint density at radius 2 is 2.04 bits per heavy atom. The van der Waals surface area contributed by atoms with Crippen LogP contribution in [0.5, 0.6) is 0 Å². The molecule has 6 nitrogen and oxygen atoms in total. The van der Waals surface area contributed by atoms with Crippen LogP contribution in [-0.4, -0.2) is 57.4 Å². The number of aromatic nitrogens is 1. The highest BCUT2D eigenvalue weighted by molar-refractivity contribution is 5.82. The van der Waals surface area contributed by atoms with Gasteiger partial charge in [-0.1, -0.05) is 18.2 Å². The number of para-hydroxylation sites is 1. The fourth-order valence-corrected chi connectivity index (χ4v) is 4.02. The summed E-state index contributed by atoms with van der Waals surface area (Å²) in [7, 11) is 0. The third-order valence-electron chi connectivity index (χ3n) is 5.26. The number of benzene rings is 1. The average molecular weight is 369 g/mol. The van der Waals surface area contributed by atoms with Crippen molar-refractivity contribution in [3.05, 3.63) is 41.6 Å². The van der Waals surface area contributed by atoms with Crippen LogP contribution in [0.2, 0.25) is 0 Å². The van der Waals surface area contributed by atoms with E-state index >= 15 is 0 Å². The van der Waals surface area contributed by atoms with Crippen molar-refractivity contribution in [2.75, 3.05) is 19.6 Å². The number of carboxylic acids is 1. The summed E-state index contributed by atoms with van der Waals surface area (Å²) in [6.45, 7) is 5.90. The van der Waals surface area contributed by atoms with Gasteiger partial charge in [0.15, 0.2) is 0 Å². The van der Waals surface area contributed by atoms with E-state index < -0.39 is 5.97 Å². The third-order valence-corrected chi connectivity index (χ3v) is 5.26. The summed E-state index contributed by atoms with van der Waals surface area (Å²) < 4.78 is 0. The van der Waals surface area contributed by atoms with Crippen LogP contribution >= 0.6 is 0 Å². The van der Waals surface area contributed by atoms with Crippen LogP contribution < -0.4 is 0 Å². The van der Waals surface area contributed by atoms with Crippen molar-refractivity contribution < 1.29 is 14.7 Å². The molecule has 2 heterocycles. The average Bonchev–Trinajstić information content (AvgIpc) is 2.84. The van der Waals surface area contributed by atoms with E-state index in [2.05, 4.69) is 22.0 Å². The molecule has 3 rings (SSSR count). The fourth-order valence-electron chi connectivity index (χ4n) is 4.02. The van der Waals surface area contributed by atoms with Crippen LogP contribution in [0.3, 0.4) is 0 Å². The zero-order valence-corrected chi connectivity index (χ0v) is 16.0. The van der Waals surface area contributed by atoms with E-state index in [1.807, 2.05) is 25.1 Å². The van der Waals surface area contributed by atoms with E-state index in [9.17, 15) is 9.59 Å². The maximum atomic E-state index is 11.9. The predicted octanol–water partition coefficient (Wildman–Crippen LogP) is 2.83. The highest BCUT2D eigenvalue weighted by Gasteiger charge is 2.26. The number of amides is 1. The first-order chi connectivity index (χ1) is 12.9. The van der Waals surface area contributed by atoms with Crippen molar-refractivity contribution in [2.24, 2.45) is 0 Å². The van der Waals surface area contributed by atoms with E-state index in [0.717, 1.165) is 50.1 Å². The summed E-state index contributed by atoms with van der Waals surface area (Å²) in [5.41, 5.74) is 3.30. The van der Waals surface area contributed by atoms with Crippen LogP contribution in [0.15, 0.2) is 30.3 Å². The molecule has 1 atom stereocenters. The molecule has 27 heavy (non-hydrogen) atoms. The number of fused-ring (bicyclic) bond motifs is 1. The van der Waals surface area contributed by atoms with Crippen LogP contribution in [-0.2, 0) is 16.1 Å². The third kappa shape index (κ3) is 4.83. The number of hydrogen-bond acceptors (Lipinski definition) is 4. The normalized spacial score (nSPS) is 18.2. The van der Waals surface area contributed by atoms with Gasteiger partial charge in [-0.25, -0.2) is 0 Å². The number of nitrogens with zero attached hydrogens (tertiary/aromatic N) is 3. The second-order valence-corrected chi connectivity index (χ2v) is 7.34. The van der Waals surface area contributed by atoms with Gasteiger partial charge in [-0.15, -0.1) is 0 Å². The molecule has 1 aromatic carbocycles. The number of pyridine rings is 1. The topological polar surface area (TPSA) is 73.7 Å². The van der Waals surface area contributed by atoms with Gasteiger partial charge in [0.05, 0.1) is 5.52 Å². The lowest BCUT2D eigenvalue weighted by Gasteiger charge is -2.29. The Hall–Kier alpha value is -2.47. The predicted molar refractivity (Wildman–Crippen MR) is 104 cm³/mol. The molecule has 0 spiro atoms. The molecular weight excluding hydrogens is 342 g/mol. The molecule has 1 saturated heterocycles. The Bertz CT molecular complexity index is 837. The number of aliphatic carboxylic acids is 1.